The van der Waals surface area contributed by atoms with Gasteiger partial charge in [-0.2, -0.15) is 17.0 Å². The zero-order valence-corrected chi connectivity index (χ0v) is 14.6. The summed E-state index contributed by atoms with van der Waals surface area (Å²) in [4.78, 5) is 1.32. The molecule has 1 aromatic rings. The molecule has 0 aliphatic carbocycles. The van der Waals surface area contributed by atoms with Crippen molar-refractivity contribution >= 4 is 21.5 Å². The molecule has 1 N–H and O–H groups in total. The molecule has 0 radical (unpaired) electrons. The molecule has 0 amide bonds. The molecule has 1 aromatic heterocycles. The standard InChI is InChI=1S/C14H25N3O2S2/c1-12(2)15-7-4-8-16(3)21(18,19)17-9-5-14-13(11-17)6-10-20-14/h6,10,12,15H,4-5,7-9,11H2,1-3H3. The van der Waals surface area contributed by atoms with Crippen LogP contribution in [0.2, 0.25) is 0 Å². The first-order valence-electron chi connectivity index (χ1n) is 7.41. The molecule has 1 aliphatic rings. The van der Waals surface area contributed by atoms with Crippen LogP contribution in [0.4, 0.5) is 0 Å². The zero-order valence-electron chi connectivity index (χ0n) is 13.0. The van der Waals surface area contributed by atoms with Crippen molar-refractivity contribution in [3.63, 3.8) is 0 Å². The minimum Gasteiger partial charge on any atom is -0.314 e. The molecule has 1 aliphatic heterocycles. The largest absolute Gasteiger partial charge is 0.314 e. The summed E-state index contributed by atoms with van der Waals surface area (Å²) < 4.78 is 28.2. The van der Waals surface area contributed by atoms with E-state index in [0.29, 0.717) is 25.7 Å². The lowest BCUT2D eigenvalue weighted by Gasteiger charge is -2.30. The average molecular weight is 332 g/mol. The number of hydrogen-bond donors (Lipinski definition) is 1. The highest BCUT2D eigenvalue weighted by Gasteiger charge is 2.30. The molecule has 0 spiro atoms. The summed E-state index contributed by atoms with van der Waals surface area (Å²) in [5.41, 5.74) is 1.16. The van der Waals surface area contributed by atoms with Gasteiger partial charge in [-0.15, -0.1) is 11.3 Å². The van der Waals surface area contributed by atoms with Crippen molar-refractivity contribution in [3.05, 3.63) is 21.9 Å². The van der Waals surface area contributed by atoms with Gasteiger partial charge in [-0.1, -0.05) is 13.8 Å². The molecule has 0 saturated carbocycles. The van der Waals surface area contributed by atoms with Crippen LogP contribution in [0.1, 0.15) is 30.7 Å². The van der Waals surface area contributed by atoms with E-state index in [2.05, 4.69) is 19.2 Å². The van der Waals surface area contributed by atoms with E-state index in [1.807, 2.05) is 11.4 Å². The predicted molar refractivity (Wildman–Crippen MR) is 87.7 cm³/mol. The first-order valence-corrected chi connectivity index (χ1v) is 9.69. The molecular formula is C14H25N3O2S2. The summed E-state index contributed by atoms with van der Waals surface area (Å²) in [5.74, 6) is 0. The van der Waals surface area contributed by atoms with Gasteiger partial charge in [-0.05, 0) is 36.4 Å². The van der Waals surface area contributed by atoms with Crippen LogP contribution in [0, 0.1) is 0 Å². The lowest BCUT2D eigenvalue weighted by atomic mass is 10.1. The van der Waals surface area contributed by atoms with Crippen LogP contribution in [0.25, 0.3) is 0 Å². The van der Waals surface area contributed by atoms with E-state index >= 15 is 0 Å². The van der Waals surface area contributed by atoms with Crippen molar-refractivity contribution in [1.29, 1.82) is 0 Å². The first kappa shape index (κ1) is 16.9. The van der Waals surface area contributed by atoms with Gasteiger partial charge in [0.25, 0.3) is 10.2 Å². The highest BCUT2D eigenvalue weighted by atomic mass is 32.2. The molecule has 5 nitrogen and oxygen atoms in total. The summed E-state index contributed by atoms with van der Waals surface area (Å²) in [6.45, 7) is 6.67. The van der Waals surface area contributed by atoms with E-state index in [1.54, 1.807) is 22.7 Å². The maximum atomic E-state index is 12.6. The van der Waals surface area contributed by atoms with E-state index in [4.69, 9.17) is 0 Å². The Bertz CT molecular complexity index is 554. The highest BCUT2D eigenvalue weighted by Crippen LogP contribution is 2.26. The maximum absolute atomic E-state index is 12.6. The fraction of sp³-hybridized carbons (Fsp3) is 0.714. The Labute approximate surface area is 132 Å². The number of thiophene rings is 1. The normalized spacial score (nSPS) is 16.6. The third-order valence-corrected chi connectivity index (χ3v) is 6.65. The third-order valence-electron chi connectivity index (χ3n) is 3.70. The van der Waals surface area contributed by atoms with E-state index in [9.17, 15) is 8.42 Å². The van der Waals surface area contributed by atoms with Crippen molar-refractivity contribution in [3.8, 4) is 0 Å². The molecule has 2 heterocycles. The monoisotopic (exact) mass is 331 g/mol. The van der Waals surface area contributed by atoms with Gasteiger partial charge in [0.2, 0.25) is 0 Å². The van der Waals surface area contributed by atoms with Crippen LogP contribution in [0.5, 0.6) is 0 Å². The smallest absolute Gasteiger partial charge is 0.282 e. The van der Waals surface area contributed by atoms with Gasteiger partial charge in [0.1, 0.15) is 0 Å². The lowest BCUT2D eigenvalue weighted by Crippen LogP contribution is -2.44. The number of nitrogens with one attached hydrogen (secondary N) is 1. The average Bonchev–Trinajstić information content (AvgIpc) is 2.90. The second-order valence-corrected chi connectivity index (χ2v) is 8.78. The molecule has 0 bridgehead atoms. The molecule has 0 atom stereocenters. The van der Waals surface area contributed by atoms with Gasteiger partial charge in [0.15, 0.2) is 0 Å². The van der Waals surface area contributed by atoms with Gasteiger partial charge in [-0.3, -0.25) is 0 Å². The van der Waals surface area contributed by atoms with Gasteiger partial charge in [0, 0.05) is 37.6 Å². The molecular weight excluding hydrogens is 306 g/mol. The Hall–Kier alpha value is -0.470. The summed E-state index contributed by atoms with van der Waals surface area (Å²) in [6.07, 6.45) is 1.65. The van der Waals surface area contributed by atoms with Crippen molar-refractivity contribution in [2.75, 3.05) is 26.7 Å². The topological polar surface area (TPSA) is 52.7 Å². The molecule has 120 valence electrons. The van der Waals surface area contributed by atoms with E-state index in [1.165, 1.54) is 9.18 Å². The quantitative estimate of drug-likeness (QED) is 0.773. The lowest BCUT2D eigenvalue weighted by molar-refractivity contribution is 0.343. The van der Waals surface area contributed by atoms with E-state index < -0.39 is 10.2 Å². The van der Waals surface area contributed by atoms with Crippen LogP contribution in [0.3, 0.4) is 0 Å². The molecule has 0 saturated heterocycles. The molecule has 0 unspecified atom stereocenters. The number of hydrogen-bond acceptors (Lipinski definition) is 4. The van der Waals surface area contributed by atoms with Crippen LogP contribution < -0.4 is 5.32 Å². The Morgan fingerprint density at radius 3 is 2.95 bits per heavy atom. The molecule has 0 fully saturated rings. The Balaban J connectivity index is 1.89. The van der Waals surface area contributed by atoms with Crippen molar-refractivity contribution in [2.24, 2.45) is 0 Å². The fourth-order valence-corrected chi connectivity index (χ4v) is 4.69. The first-order chi connectivity index (χ1) is 9.91. The summed E-state index contributed by atoms with van der Waals surface area (Å²) in [6, 6.07) is 2.47. The SMILES string of the molecule is CC(C)NCCCN(C)S(=O)(=O)N1CCc2sccc2C1. The van der Waals surface area contributed by atoms with Gasteiger partial charge in [-0.25, -0.2) is 0 Å². The maximum Gasteiger partial charge on any atom is 0.282 e. The minimum atomic E-state index is -3.34. The Kier molecular flexibility index (Phi) is 5.79. The van der Waals surface area contributed by atoms with Crippen molar-refractivity contribution < 1.29 is 8.42 Å². The van der Waals surface area contributed by atoms with Crippen LogP contribution in [0.15, 0.2) is 11.4 Å². The minimum absolute atomic E-state index is 0.436. The molecule has 7 heteroatoms. The van der Waals surface area contributed by atoms with Gasteiger partial charge < -0.3 is 5.32 Å². The van der Waals surface area contributed by atoms with Crippen LogP contribution in [-0.4, -0.2) is 49.8 Å². The Morgan fingerprint density at radius 2 is 2.24 bits per heavy atom. The van der Waals surface area contributed by atoms with Crippen molar-refractivity contribution in [2.45, 2.75) is 39.3 Å². The molecule has 21 heavy (non-hydrogen) atoms. The second kappa shape index (κ2) is 7.19. The Morgan fingerprint density at radius 1 is 1.48 bits per heavy atom. The summed E-state index contributed by atoms with van der Waals surface area (Å²) in [5, 5.41) is 5.35. The summed E-state index contributed by atoms with van der Waals surface area (Å²) in [7, 11) is -1.67. The van der Waals surface area contributed by atoms with Gasteiger partial charge in [0.05, 0.1) is 0 Å². The van der Waals surface area contributed by atoms with Crippen LogP contribution in [-0.2, 0) is 23.2 Å². The zero-order chi connectivity index (χ0) is 15.5. The van der Waals surface area contributed by atoms with Crippen LogP contribution >= 0.6 is 11.3 Å². The van der Waals surface area contributed by atoms with Gasteiger partial charge >= 0.3 is 0 Å². The molecule has 2 rings (SSSR count). The number of nitrogens with zero attached hydrogens (tertiary/aromatic N) is 2. The van der Waals surface area contributed by atoms with E-state index in [0.717, 1.165) is 24.9 Å². The highest BCUT2D eigenvalue weighted by molar-refractivity contribution is 7.86. The summed E-state index contributed by atoms with van der Waals surface area (Å²) >= 11 is 1.72. The number of fused-ring (bicyclic) bond motifs is 1. The fourth-order valence-electron chi connectivity index (χ4n) is 2.42. The number of rotatable bonds is 7. The second-order valence-electron chi connectivity index (χ2n) is 5.74. The van der Waals surface area contributed by atoms with E-state index in [-0.39, 0.29) is 0 Å². The van der Waals surface area contributed by atoms with Crippen molar-refractivity contribution in [1.82, 2.24) is 13.9 Å². The molecule has 0 aromatic carbocycles. The predicted octanol–water partition coefficient (Wildman–Crippen LogP) is 1.67. The third kappa shape index (κ3) is 4.26.